The van der Waals surface area contributed by atoms with Gasteiger partial charge in [-0.25, -0.2) is 4.79 Å². The molecule has 0 aliphatic carbocycles. The number of carbonyl (C=O) groups excluding carboxylic acids is 2. The van der Waals surface area contributed by atoms with Crippen LogP contribution in [-0.4, -0.2) is 22.9 Å². The van der Waals surface area contributed by atoms with Gasteiger partial charge in [0.15, 0.2) is 6.10 Å². The highest BCUT2D eigenvalue weighted by molar-refractivity contribution is 6.33. The molecule has 0 fully saturated rings. The van der Waals surface area contributed by atoms with Gasteiger partial charge in [-0.1, -0.05) is 23.7 Å². The molecule has 1 atom stereocenters. The van der Waals surface area contributed by atoms with E-state index in [2.05, 4.69) is 5.32 Å². The number of nitro benzene ring substituents is 1. The van der Waals surface area contributed by atoms with E-state index < -0.39 is 34.4 Å². The van der Waals surface area contributed by atoms with Crippen molar-refractivity contribution in [3.8, 4) is 0 Å². The fraction of sp³-hybridized carbons (Fsp3) is 0.125. The van der Waals surface area contributed by atoms with Crippen molar-refractivity contribution in [3.05, 3.63) is 69.0 Å². The van der Waals surface area contributed by atoms with Gasteiger partial charge in [0.25, 0.3) is 5.91 Å². The molecular formula is C16H12ClFN2O5. The number of rotatable bonds is 5. The molecule has 130 valence electrons. The van der Waals surface area contributed by atoms with Gasteiger partial charge < -0.3 is 10.1 Å². The summed E-state index contributed by atoms with van der Waals surface area (Å²) in [5.74, 6) is -2.55. The Morgan fingerprint density at radius 1 is 1.28 bits per heavy atom. The van der Waals surface area contributed by atoms with E-state index >= 15 is 0 Å². The molecule has 0 aliphatic rings. The van der Waals surface area contributed by atoms with Crippen LogP contribution < -0.4 is 5.32 Å². The summed E-state index contributed by atoms with van der Waals surface area (Å²) >= 11 is 5.87. The third-order valence-corrected chi connectivity index (χ3v) is 3.49. The zero-order valence-corrected chi connectivity index (χ0v) is 13.6. The van der Waals surface area contributed by atoms with Crippen molar-refractivity contribution in [2.45, 2.75) is 13.0 Å². The smallest absolute Gasteiger partial charge is 0.340 e. The zero-order valence-electron chi connectivity index (χ0n) is 12.9. The lowest BCUT2D eigenvalue weighted by Crippen LogP contribution is -2.30. The Labute approximate surface area is 146 Å². The molecule has 2 aromatic carbocycles. The molecule has 0 unspecified atom stereocenters. The van der Waals surface area contributed by atoms with Crippen LogP contribution in [0.2, 0.25) is 5.02 Å². The standard InChI is InChI=1S/C16H12ClFN2O5/c1-9(25-16(22)11-4-2-3-5-12(11)17)15(21)19-10-6-7-13(18)14(8-10)20(23)24/h2-9H,1H3,(H,19,21)/t9-/m1/s1. The van der Waals surface area contributed by atoms with Crippen molar-refractivity contribution < 1.29 is 23.6 Å². The number of nitrogens with zero attached hydrogens (tertiary/aromatic N) is 1. The molecule has 0 bridgehead atoms. The lowest BCUT2D eigenvalue weighted by atomic mass is 10.2. The number of benzene rings is 2. The molecule has 0 aliphatic heterocycles. The minimum absolute atomic E-state index is 0.00116. The van der Waals surface area contributed by atoms with Crippen molar-refractivity contribution in [2.75, 3.05) is 5.32 Å². The molecule has 0 heterocycles. The lowest BCUT2D eigenvalue weighted by Gasteiger charge is -2.14. The Morgan fingerprint density at radius 3 is 2.60 bits per heavy atom. The summed E-state index contributed by atoms with van der Waals surface area (Å²) in [5, 5.41) is 13.2. The first kappa shape index (κ1) is 18.3. The Bertz CT molecular complexity index is 843. The number of hydrogen-bond donors (Lipinski definition) is 1. The van der Waals surface area contributed by atoms with Gasteiger partial charge in [0.1, 0.15) is 0 Å². The zero-order chi connectivity index (χ0) is 18.6. The molecular weight excluding hydrogens is 355 g/mol. The van der Waals surface area contributed by atoms with Crippen molar-refractivity contribution in [3.63, 3.8) is 0 Å². The topological polar surface area (TPSA) is 98.5 Å². The molecule has 0 saturated heterocycles. The van der Waals surface area contributed by atoms with Crippen LogP contribution in [0.1, 0.15) is 17.3 Å². The number of nitro groups is 1. The second-order valence-corrected chi connectivity index (χ2v) is 5.35. The molecule has 7 nitrogen and oxygen atoms in total. The minimum Gasteiger partial charge on any atom is -0.449 e. The van der Waals surface area contributed by atoms with Crippen molar-refractivity contribution in [2.24, 2.45) is 0 Å². The summed E-state index contributed by atoms with van der Waals surface area (Å²) in [4.78, 5) is 33.8. The summed E-state index contributed by atoms with van der Waals surface area (Å²) in [6, 6.07) is 9.05. The number of anilines is 1. The second-order valence-electron chi connectivity index (χ2n) is 4.94. The number of halogens is 2. The third-order valence-electron chi connectivity index (χ3n) is 3.16. The molecule has 0 spiro atoms. The van der Waals surface area contributed by atoms with Gasteiger partial charge in [0, 0.05) is 11.8 Å². The van der Waals surface area contributed by atoms with Crippen LogP contribution in [0.4, 0.5) is 15.8 Å². The molecule has 0 aromatic heterocycles. The van der Waals surface area contributed by atoms with Gasteiger partial charge in [-0.05, 0) is 31.2 Å². The number of esters is 1. The summed E-state index contributed by atoms with van der Waals surface area (Å²) in [7, 11) is 0. The second kappa shape index (κ2) is 7.71. The van der Waals surface area contributed by atoms with E-state index in [9.17, 15) is 24.1 Å². The summed E-state index contributed by atoms with van der Waals surface area (Å²) in [6.45, 7) is 1.32. The molecule has 1 amide bonds. The van der Waals surface area contributed by atoms with Crippen LogP contribution in [0.5, 0.6) is 0 Å². The molecule has 0 radical (unpaired) electrons. The van der Waals surface area contributed by atoms with E-state index in [4.69, 9.17) is 16.3 Å². The summed E-state index contributed by atoms with van der Waals surface area (Å²) < 4.78 is 18.3. The normalized spacial score (nSPS) is 11.5. The highest BCUT2D eigenvalue weighted by Crippen LogP contribution is 2.22. The minimum atomic E-state index is -1.20. The number of carbonyl (C=O) groups is 2. The largest absolute Gasteiger partial charge is 0.449 e. The van der Waals surface area contributed by atoms with E-state index in [-0.39, 0.29) is 16.3 Å². The predicted octanol–water partition coefficient (Wildman–Crippen LogP) is 3.57. The molecule has 0 saturated carbocycles. The van der Waals surface area contributed by atoms with Crippen molar-refractivity contribution in [1.29, 1.82) is 0 Å². The molecule has 9 heteroatoms. The highest BCUT2D eigenvalue weighted by atomic mass is 35.5. The summed E-state index contributed by atoms with van der Waals surface area (Å²) in [6.07, 6.45) is -1.20. The predicted molar refractivity (Wildman–Crippen MR) is 88.0 cm³/mol. The van der Waals surface area contributed by atoms with Crippen LogP contribution >= 0.6 is 11.6 Å². The highest BCUT2D eigenvalue weighted by Gasteiger charge is 2.22. The monoisotopic (exact) mass is 366 g/mol. The molecule has 25 heavy (non-hydrogen) atoms. The average molecular weight is 367 g/mol. The Morgan fingerprint density at radius 2 is 1.96 bits per heavy atom. The van der Waals surface area contributed by atoms with Gasteiger partial charge >= 0.3 is 11.7 Å². The summed E-state index contributed by atoms with van der Waals surface area (Å²) in [5.41, 5.74) is -0.682. The van der Waals surface area contributed by atoms with E-state index in [1.165, 1.54) is 19.1 Å². The first-order chi connectivity index (χ1) is 11.8. The Hall–Kier alpha value is -3.00. The molecule has 2 aromatic rings. The number of nitrogens with one attached hydrogen (secondary N) is 1. The third kappa shape index (κ3) is 4.51. The number of ether oxygens (including phenoxy) is 1. The van der Waals surface area contributed by atoms with Crippen LogP contribution in [0.25, 0.3) is 0 Å². The number of amides is 1. The van der Waals surface area contributed by atoms with E-state index in [0.29, 0.717) is 0 Å². The molecule has 2 rings (SSSR count). The van der Waals surface area contributed by atoms with Crippen LogP contribution in [0.3, 0.4) is 0 Å². The van der Waals surface area contributed by atoms with Crippen LogP contribution in [0.15, 0.2) is 42.5 Å². The maximum atomic E-state index is 13.3. The first-order valence-electron chi connectivity index (χ1n) is 7.00. The van der Waals surface area contributed by atoms with Crippen molar-refractivity contribution >= 4 is 34.9 Å². The maximum absolute atomic E-state index is 13.3. The lowest BCUT2D eigenvalue weighted by molar-refractivity contribution is -0.387. The number of hydrogen-bond acceptors (Lipinski definition) is 5. The van der Waals surface area contributed by atoms with Gasteiger partial charge in [-0.2, -0.15) is 4.39 Å². The quantitative estimate of drug-likeness (QED) is 0.495. The fourth-order valence-electron chi connectivity index (χ4n) is 1.88. The average Bonchev–Trinajstić information content (AvgIpc) is 2.56. The van der Waals surface area contributed by atoms with E-state index in [1.54, 1.807) is 12.1 Å². The van der Waals surface area contributed by atoms with Gasteiger partial charge in [-0.3, -0.25) is 14.9 Å². The fourth-order valence-corrected chi connectivity index (χ4v) is 2.09. The van der Waals surface area contributed by atoms with Crippen molar-refractivity contribution in [1.82, 2.24) is 0 Å². The maximum Gasteiger partial charge on any atom is 0.340 e. The SMILES string of the molecule is C[C@@H](OC(=O)c1ccccc1Cl)C(=O)Nc1ccc(F)c([N+](=O)[O-])c1. The molecule has 1 N–H and O–H groups in total. The van der Waals surface area contributed by atoms with Crippen LogP contribution in [-0.2, 0) is 9.53 Å². The van der Waals surface area contributed by atoms with E-state index in [1.807, 2.05) is 0 Å². The van der Waals surface area contributed by atoms with Gasteiger partial charge in [0.05, 0.1) is 15.5 Å². The Balaban J connectivity index is 2.06. The van der Waals surface area contributed by atoms with E-state index in [0.717, 1.165) is 18.2 Å². The van der Waals surface area contributed by atoms with Gasteiger partial charge in [0.2, 0.25) is 5.82 Å². The van der Waals surface area contributed by atoms with Crippen LogP contribution in [0, 0.1) is 15.9 Å². The van der Waals surface area contributed by atoms with Gasteiger partial charge in [-0.15, -0.1) is 0 Å². The first-order valence-corrected chi connectivity index (χ1v) is 7.37. The Kier molecular flexibility index (Phi) is 5.66.